The van der Waals surface area contributed by atoms with E-state index < -0.39 is 5.97 Å². The molecule has 0 amide bonds. The average molecular weight is 154 g/mol. The molecule has 0 aliphatic carbocycles. The van der Waals surface area contributed by atoms with Gasteiger partial charge in [0.2, 0.25) is 0 Å². The van der Waals surface area contributed by atoms with E-state index in [2.05, 4.69) is 0 Å². The lowest BCUT2D eigenvalue weighted by molar-refractivity contribution is -0.141. The normalized spacial score (nSPS) is 12.8. The van der Waals surface area contributed by atoms with Gasteiger partial charge in [-0.25, -0.2) is 0 Å². The Hall–Kier alpha value is -1.25. The molecule has 1 aromatic rings. The molecule has 0 spiro atoms. The number of carboxylic acids is 1. The standard InChI is InChI=1S/C8H10O3/c1-6(8(9)10)4-7-2-3-11-5-7/h2-3,5-6H,4H2,1H3,(H,9,10). The lowest BCUT2D eigenvalue weighted by Gasteiger charge is -2.01. The average Bonchev–Trinajstić information content (AvgIpc) is 2.39. The fraction of sp³-hybridized carbons (Fsp3) is 0.375. The SMILES string of the molecule is CC(Cc1ccoc1)C(=O)O. The van der Waals surface area contributed by atoms with Crippen molar-refractivity contribution in [2.24, 2.45) is 5.92 Å². The minimum Gasteiger partial charge on any atom is -0.481 e. The summed E-state index contributed by atoms with van der Waals surface area (Å²) < 4.78 is 4.80. The van der Waals surface area contributed by atoms with Gasteiger partial charge in [0, 0.05) is 0 Å². The van der Waals surface area contributed by atoms with Crippen LogP contribution in [0.3, 0.4) is 0 Å². The summed E-state index contributed by atoms with van der Waals surface area (Å²) in [7, 11) is 0. The Kier molecular flexibility index (Phi) is 2.31. The van der Waals surface area contributed by atoms with Crippen molar-refractivity contribution < 1.29 is 14.3 Å². The van der Waals surface area contributed by atoms with Gasteiger partial charge in [-0.2, -0.15) is 0 Å². The van der Waals surface area contributed by atoms with Crippen LogP contribution in [0.1, 0.15) is 12.5 Å². The van der Waals surface area contributed by atoms with Gasteiger partial charge in [0.15, 0.2) is 0 Å². The predicted molar refractivity (Wildman–Crippen MR) is 39.2 cm³/mol. The molecule has 0 saturated heterocycles. The van der Waals surface area contributed by atoms with E-state index in [0.29, 0.717) is 6.42 Å². The van der Waals surface area contributed by atoms with Crippen molar-refractivity contribution in [2.45, 2.75) is 13.3 Å². The minimum absolute atomic E-state index is 0.340. The third kappa shape index (κ3) is 2.11. The number of hydrogen-bond acceptors (Lipinski definition) is 2. The molecule has 0 fully saturated rings. The Morgan fingerprint density at radius 3 is 3.00 bits per heavy atom. The van der Waals surface area contributed by atoms with Crippen LogP contribution in [-0.4, -0.2) is 11.1 Å². The van der Waals surface area contributed by atoms with E-state index in [1.807, 2.05) is 0 Å². The molecular formula is C8H10O3. The fourth-order valence-electron chi connectivity index (χ4n) is 0.850. The molecule has 0 aliphatic rings. The summed E-state index contributed by atoms with van der Waals surface area (Å²) in [5.41, 5.74) is 0.930. The molecule has 3 heteroatoms. The third-order valence-corrected chi connectivity index (χ3v) is 1.54. The van der Waals surface area contributed by atoms with E-state index in [0.717, 1.165) is 5.56 Å². The van der Waals surface area contributed by atoms with Gasteiger partial charge >= 0.3 is 5.97 Å². The largest absolute Gasteiger partial charge is 0.481 e. The fourth-order valence-corrected chi connectivity index (χ4v) is 0.850. The third-order valence-electron chi connectivity index (χ3n) is 1.54. The molecule has 1 N–H and O–H groups in total. The van der Waals surface area contributed by atoms with E-state index in [9.17, 15) is 4.79 Å². The Morgan fingerprint density at radius 2 is 2.55 bits per heavy atom. The first kappa shape index (κ1) is 7.85. The summed E-state index contributed by atoms with van der Waals surface area (Å²) >= 11 is 0. The molecule has 1 rings (SSSR count). The monoisotopic (exact) mass is 154 g/mol. The summed E-state index contributed by atoms with van der Waals surface area (Å²) in [6.45, 7) is 1.68. The topological polar surface area (TPSA) is 50.4 Å². The van der Waals surface area contributed by atoms with Crippen molar-refractivity contribution in [3.63, 3.8) is 0 Å². The number of furan rings is 1. The second kappa shape index (κ2) is 3.23. The van der Waals surface area contributed by atoms with Crippen LogP contribution in [0.15, 0.2) is 23.0 Å². The van der Waals surface area contributed by atoms with Crippen molar-refractivity contribution >= 4 is 5.97 Å². The highest BCUT2D eigenvalue weighted by Gasteiger charge is 2.11. The van der Waals surface area contributed by atoms with Crippen LogP contribution >= 0.6 is 0 Å². The van der Waals surface area contributed by atoms with Gasteiger partial charge in [0.1, 0.15) is 0 Å². The molecule has 1 unspecified atom stereocenters. The van der Waals surface area contributed by atoms with Gasteiger partial charge < -0.3 is 9.52 Å². The second-order valence-corrected chi connectivity index (χ2v) is 2.58. The molecule has 0 aromatic carbocycles. The van der Waals surface area contributed by atoms with Gasteiger partial charge in [0.05, 0.1) is 18.4 Å². The quantitative estimate of drug-likeness (QED) is 0.718. The maximum Gasteiger partial charge on any atom is 0.306 e. The molecular weight excluding hydrogens is 144 g/mol. The van der Waals surface area contributed by atoms with Crippen LogP contribution in [0.2, 0.25) is 0 Å². The number of hydrogen-bond donors (Lipinski definition) is 1. The van der Waals surface area contributed by atoms with Crippen LogP contribution in [0, 0.1) is 5.92 Å². The Labute approximate surface area is 64.6 Å². The first-order valence-corrected chi connectivity index (χ1v) is 3.44. The first-order valence-electron chi connectivity index (χ1n) is 3.44. The number of aliphatic carboxylic acids is 1. The highest BCUT2D eigenvalue weighted by atomic mass is 16.4. The van der Waals surface area contributed by atoms with Crippen molar-refractivity contribution in [1.82, 2.24) is 0 Å². The molecule has 0 bridgehead atoms. The molecule has 11 heavy (non-hydrogen) atoms. The van der Waals surface area contributed by atoms with Gasteiger partial charge in [-0.05, 0) is 18.1 Å². The Morgan fingerprint density at radius 1 is 1.82 bits per heavy atom. The molecule has 1 atom stereocenters. The van der Waals surface area contributed by atoms with E-state index in [-0.39, 0.29) is 5.92 Å². The second-order valence-electron chi connectivity index (χ2n) is 2.58. The molecule has 0 saturated carbocycles. The lowest BCUT2D eigenvalue weighted by atomic mass is 10.0. The van der Waals surface area contributed by atoms with Crippen molar-refractivity contribution in [2.75, 3.05) is 0 Å². The van der Waals surface area contributed by atoms with Crippen LogP contribution in [0.25, 0.3) is 0 Å². The summed E-state index contributed by atoms with van der Waals surface area (Å²) in [6, 6.07) is 1.78. The summed E-state index contributed by atoms with van der Waals surface area (Å²) in [5, 5.41) is 8.55. The van der Waals surface area contributed by atoms with Crippen LogP contribution < -0.4 is 0 Å². The van der Waals surface area contributed by atoms with Gasteiger partial charge in [-0.3, -0.25) is 4.79 Å². The summed E-state index contributed by atoms with van der Waals surface area (Å²) in [4.78, 5) is 10.4. The number of carbonyl (C=O) groups is 1. The highest BCUT2D eigenvalue weighted by molar-refractivity contribution is 5.69. The summed E-state index contributed by atoms with van der Waals surface area (Å²) in [5.74, 6) is -1.11. The van der Waals surface area contributed by atoms with Crippen LogP contribution in [-0.2, 0) is 11.2 Å². The van der Waals surface area contributed by atoms with E-state index >= 15 is 0 Å². The van der Waals surface area contributed by atoms with Gasteiger partial charge in [0.25, 0.3) is 0 Å². The summed E-state index contributed by atoms with van der Waals surface area (Å²) in [6.07, 6.45) is 3.65. The molecule has 1 aromatic heterocycles. The molecule has 1 heterocycles. The maximum absolute atomic E-state index is 10.4. The zero-order valence-electron chi connectivity index (χ0n) is 6.28. The lowest BCUT2D eigenvalue weighted by Crippen LogP contribution is -2.11. The van der Waals surface area contributed by atoms with E-state index in [1.54, 1.807) is 25.5 Å². The zero-order valence-corrected chi connectivity index (χ0v) is 6.28. The molecule has 0 aliphatic heterocycles. The van der Waals surface area contributed by atoms with Crippen molar-refractivity contribution in [1.29, 1.82) is 0 Å². The van der Waals surface area contributed by atoms with Crippen LogP contribution in [0.4, 0.5) is 0 Å². The first-order chi connectivity index (χ1) is 5.20. The number of rotatable bonds is 3. The number of carboxylic acid groups (broad SMARTS) is 1. The predicted octanol–water partition coefficient (Wildman–Crippen LogP) is 1.54. The Bertz CT molecular complexity index is 225. The van der Waals surface area contributed by atoms with Crippen molar-refractivity contribution in [3.05, 3.63) is 24.2 Å². The van der Waals surface area contributed by atoms with E-state index in [4.69, 9.17) is 9.52 Å². The van der Waals surface area contributed by atoms with Crippen LogP contribution in [0.5, 0.6) is 0 Å². The molecule has 3 nitrogen and oxygen atoms in total. The van der Waals surface area contributed by atoms with Gasteiger partial charge in [-0.1, -0.05) is 6.92 Å². The van der Waals surface area contributed by atoms with Crippen molar-refractivity contribution in [3.8, 4) is 0 Å². The van der Waals surface area contributed by atoms with Gasteiger partial charge in [-0.15, -0.1) is 0 Å². The smallest absolute Gasteiger partial charge is 0.306 e. The zero-order chi connectivity index (χ0) is 8.27. The maximum atomic E-state index is 10.4. The minimum atomic E-state index is -0.772. The Balaban J connectivity index is 2.50. The highest BCUT2D eigenvalue weighted by Crippen LogP contribution is 2.08. The molecule has 0 radical (unpaired) electrons. The van der Waals surface area contributed by atoms with E-state index in [1.165, 1.54) is 0 Å². The molecule has 60 valence electrons.